The lowest BCUT2D eigenvalue weighted by atomic mass is 9.95. The van der Waals surface area contributed by atoms with Crippen LogP contribution in [0.3, 0.4) is 0 Å². The third-order valence-corrected chi connectivity index (χ3v) is 4.03. The van der Waals surface area contributed by atoms with E-state index in [9.17, 15) is 0 Å². The van der Waals surface area contributed by atoms with Gasteiger partial charge in [-0.3, -0.25) is 4.99 Å². The predicted octanol–water partition coefficient (Wildman–Crippen LogP) is 4.33. The van der Waals surface area contributed by atoms with Crippen LogP contribution in [0.15, 0.2) is 47.5 Å². The highest BCUT2D eigenvalue weighted by Crippen LogP contribution is 2.27. The summed E-state index contributed by atoms with van der Waals surface area (Å²) in [4.78, 5) is 4.59. The number of ether oxygens (including phenoxy) is 1. The van der Waals surface area contributed by atoms with Gasteiger partial charge in [0, 0.05) is 6.21 Å². The van der Waals surface area contributed by atoms with E-state index in [1.54, 1.807) is 0 Å². The van der Waals surface area contributed by atoms with Crippen LogP contribution in [0.25, 0.3) is 0 Å². The molecule has 3 rings (SSSR count). The molecule has 0 N–H and O–H groups in total. The van der Waals surface area contributed by atoms with Gasteiger partial charge in [-0.2, -0.15) is 0 Å². The summed E-state index contributed by atoms with van der Waals surface area (Å²) in [5.74, 6) is 0.989. The molecule has 108 valence electrons. The Morgan fingerprint density at radius 1 is 1.19 bits per heavy atom. The van der Waals surface area contributed by atoms with Gasteiger partial charge in [-0.1, -0.05) is 37.3 Å². The standard InChI is InChI=1S/C19H21NO/c1-3-18-10-16-11-19(14(2)9-17(16)12-20-18)21-13-15-7-5-4-6-8-15/h4-9,11-12,18H,3,10,13H2,1-2H3/t18-/m0/s1. The summed E-state index contributed by atoms with van der Waals surface area (Å²) in [5.41, 5.74) is 4.96. The summed E-state index contributed by atoms with van der Waals surface area (Å²) in [6, 6.07) is 15.1. The quantitative estimate of drug-likeness (QED) is 0.816. The van der Waals surface area contributed by atoms with Crippen molar-refractivity contribution < 1.29 is 4.74 Å². The van der Waals surface area contributed by atoms with Crippen molar-refractivity contribution in [2.75, 3.05) is 0 Å². The third kappa shape index (κ3) is 3.15. The minimum absolute atomic E-state index is 0.419. The van der Waals surface area contributed by atoms with E-state index in [4.69, 9.17) is 4.74 Å². The molecule has 0 bridgehead atoms. The molecule has 0 saturated heterocycles. The van der Waals surface area contributed by atoms with E-state index >= 15 is 0 Å². The van der Waals surface area contributed by atoms with Gasteiger partial charge in [-0.05, 0) is 54.2 Å². The SMILES string of the molecule is CC[C@H]1Cc2cc(OCc3ccccc3)c(C)cc2C=N1. The van der Waals surface area contributed by atoms with Crippen molar-refractivity contribution >= 4 is 6.21 Å². The highest BCUT2D eigenvalue weighted by molar-refractivity contribution is 5.84. The van der Waals surface area contributed by atoms with Crippen LogP contribution in [-0.4, -0.2) is 12.3 Å². The normalized spacial score (nSPS) is 16.6. The van der Waals surface area contributed by atoms with Crippen LogP contribution >= 0.6 is 0 Å². The smallest absolute Gasteiger partial charge is 0.123 e. The number of hydrogen-bond donors (Lipinski definition) is 0. The van der Waals surface area contributed by atoms with Gasteiger partial charge < -0.3 is 4.74 Å². The first-order chi connectivity index (χ1) is 10.3. The fourth-order valence-corrected chi connectivity index (χ4v) is 2.68. The first-order valence-corrected chi connectivity index (χ1v) is 7.59. The average molecular weight is 279 g/mol. The monoisotopic (exact) mass is 279 g/mol. The first-order valence-electron chi connectivity index (χ1n) is 7.59. The number of benzene rings is 2. The zero-order valence-electron chi connectivity index (χ0n) is 12.7. The van der Waals surface area contributed by atoms with Crippen molar-refractivity contribution in [1.29, 1.82) is 0 Å². The lowest BCUT2D eigenvalue weighted by Crippen LogP contribution is -2.14. The van der Waals surface area contributed by atoms with Crippen molar-refractivity contribution in [1.82, 2.24) is 0 Å². The van der Waals surface area contributed by atoms with Crippen LogP contribution in [0.4, 0.5) is 0 Å². The third-order valence-electron chi connectivity index (χ3n) is 4.03. The van der Waals surface area contributed by atoms with Crippen molar-refractivity contribution in [2.24, 2.45) is 4.99 Å². The number of nitrogens with zero attached hydrogens (tertiary/aromatic N) is 1. The van der Waals surface area contributed by atoms with Crippen LogP contribution < -0.4 is 4.74 Å². The van der Waals surface area contributed by atoms with E-state index in [2.05, 4.69) is 43.1 Å². The summed E-state index contributed by atoms with van der Waals surface area (Å²) in [6.45, 7) is 4.90. The molecule has 1 aliphatic heterocycles. The van der Waals surface area contributed by atoms with Gasteiger partial charge in [0.1, 0.15) is 12.4 Å². The van der Waals surface area contributed by atoms with Crippen LogP contribution in [0, 0.1) is 6.92 Å². The number of aryl methyl sites for hydroxylation is 1. The minimum atomic E-state index is 0.419. The fourth-order valence-electron chi connectivity index (χ4n) is 2.68. The molecule has 0 aromatic heterocycles. The van der Waals surface area contributed by atoms with Crippen molar-refractivity contribution in [3.63, 3.8) is 0 Å². The Bertz CT molecular complexity index is 646. The molecule has 21 heavy (non-hydrogen) atoms. The molecule has 1 heterocycles. The number of aliphatic imine (C=N–C) groups is 1. The van der Waals surface area contributed by atoms with Crippen LogP contribution in [-0.2, 0) is 13.0 Å². The van der Waals surface area contributed by atoms with E-state index in [-0.39, 0.29) is 0 Å². The molecule has 0 saturated carbocycles. The fraction of sp³-hybridized carbons (Fsp3) is 0.316. The Kier molecular flexibility index (Phi) is 4.05. The van der Waals surface area contributed by atoms with Gasteiger partial charge in [0.25, 0.3) is 0 Å². The zero-order valence-corrected chi connectivity index (χ0v) is 12.7. The van der Waals surface area contributed by atoms with Crippen LogP contribution in [0.2, 0.25) is 0 Å². The molecular weight excluding hydrogens is 258 g/mol. The molecule has 0 fully saturated rings. The second kappa shape index (κ2) is 6.13. The second-order valence-corrected chi connectivity index (χ2v) is 5.64. The molecule has 2 heteroatoms. The molecular formula is C19H21NO. The van der Waals surface area contributed by atoms with Crippen molar-refractivity contribution in [2.45, 2.75) is 39.3 Å². The molecule has 1 atom stereocenters. The van der Waals surface area contributed by atoms with Crippen molar-refractivity contribution in [3.05, 3.63) is 64.7 Å². The van der Waals surface area contributed by atoms with Gasteiger partial charge in [-0.25, -0.2) is 0 Å². The van der Waals surface area contributed by atoms with E-state index in [0.29, 0.717) is 12.6 Å². The minimum Gasteiger partial charge on any atom is -0.489 e. The summed E-state index contributed by atoms with van der Waals surface area (Å²) < 4.78 is 6.01. The van der Waals surface area contributed by atoms with E-state index in [1.807, 2.05) is 24.4 Å². The second-order valence-electron chi connectivity index (χ2n) is 5.64. The Morgan fingerprint density at radius 3 is 2.76 bits per heavy atom. The Balaban J connectivity index is 1.79. The lowest BCUT2D eigenvalue weighted by molar-refractivity contribution is 0.303. The molecule has 0 amide bonds. The number of hydrogen-bond acceptors (Lipinski definition) is 2. The van der Waals surface area contributed by atoms with E-state index < -0.39 is 0 Å². The maximum Gasteiger partial charge on any atom is 0.123 e. The van der Waals surface area contributed by atoms with Gasteiger partial charge >= 0.3 is 0 Å². The topological polar surface area (TPSA) is 21.6 Å². The first kappa shape index (κ1) is 13.9. The lowest BCUT2D eigenvalue weighted by Gasteiger charge is -2.20. The van der Waals surface area contributed by atoms with Crippen molar-refractivity contribution in [3.8, 4) is 5.75 Å². The molecule has 1 aliphatic rings. The molecule has 2 aromatic rings. The number of fused-ring (bicyclic) bond motifs is 1. The van der Waals surface area contributed by atoms with Crippen LogP contribution in [0.5, 0.6) is 5.75 Å². The van der Waals surface area contributed by atoms with Gasteiger partial charge in [0.2, 0.25) is 0 Å². The summed E-state index contributed by atoms with van der Waals surface area (Å²) >= 11 is 0. The summed E-state index contributed by atoms with van der Waals surface area (Å²) in [5, 5.41) is 0. The predicted molar refractivity (Wildman–Crippen MR) is 87.3 cm³/mol. The summed E-state index contributed by atoms with van der Waals surface area (Å²) in [7, 11) is 0. The highest BCUT2D eigenvalue weighted by Gasteiger charge is 2.15. The van der Waals surface area contributed by atoms with Gasteiger partial charge in [-0.15, -0.1) is 0 Å². The van der Waals surface area contributed by atoms with E-state index in [1.165, 1.54) is 22.3 Å². The molecule has 0 unspecified atom stereocenters. The number of rotatable bonds is 4. The van der Waals surface area contributed by atoms with Crippen LogP contribution in [0.1, 0.15) is 35.6 Å². The Hall–Kier alpha value is -2.09. The Labute approximate surface area is 126 Å². The summed E-state index contributed by atoms with van der Waals surface area (Å²) in [6.07, 6.45) is 4.12. The largest absolute Gasteiger partial charge is 0.489 e. The molecule has 0 spiro atoms. The van der Waals surface area contributed by atoms with Gasteiger partial charge in [0.15, 0.2) is 0 Å². The Morgan fingerprint density at radius 2 is 2.00 bits per heavy atom. The molecule has 2 nitrogen and oxygen atoms in total. The average Bonchev–Trinajstić information content (AvgIpc) is 2.53. The highest BCUT2D eigenvalue weighted by atomic mass is 16.5. The molecule has 0 aliphatic carbocycles. The maximum atomic E-state index is 6.01. The molecule has 0 radical (unpaired) electrons. The van der Waals surface area contributed by atoms with Gasteiger partial charge in [0.05, 0.1) is 6.04 Å². The maximum absolute atomic E-state index is 6.01. The van der Waals surface area contributed by atoms with E-state index in [0.717, 1.165) is 18.6 Å². The molecule has 2 aromatic carbocycles. The zero-order chi connectivity index (χ0) is 14.7.